The lowest BCUT2D eigenvalue weighted by Crippen LogP contribution is -3.00. The standard InChI is InChI=1S/C14H18N2.HI/c1-2-16-12-6-9-14(16)10-11-15-13-7-4-3-5-8-13;/h3-5,7-8,10-11H,2,6,9,12H2,1H3;1H. The number of nitrogens with zero attached hydrogens (tertiary/aromatic N) is 1. The Morgan fingerprint density at radius 1 is 1.29 bits per heavy atom. The summed E-state index contributed by atoms with van der Waals surface area (Å²) in [5.74, 6) is 0. The Labute approximate surface area is 120 Å². The summed E-state index contributed by atoms with van der Waals surface area (Å²) in [5, 5.41) is 3.29. The van der Waals surface area contributed by atoms with Gasteiger partial charge in [0.15, 0.2) is 5.71 Å². The lowest BCUT2D eigenvalue weighted by Gasteiger charge is -1.98. The molecule has 0 aromatic heterocycles. The summed E-state index contributed by atoms with van der Waals surface area (Å²) in [5.41, 5.74) is 2.59. The van der Waals surface area contributed by atoms with E-state index in [4.69, 9.17) is 0 Å². The molecule has 1 aromatic carbocycles. The second-order valence-electron chi connectivity index (χ2n) is 4.02. The molecule has 0 atom stereocenters. The first kappa shape index (κ1) is 14.2. The molecule has 1 aliphatic rings. The van der Waals surface area contributed by atoms with Gasteiger partial charge in [-0.3, -0.25) is 0 Å². The molecular weight excluding hydrogens is 323 g/mol. The van der Waals surface area contributed by atoms with Gasteiger partial charge in [-0.1, -0.05) is 18.2 Å². The topological polar surface area (TPSA) is 15.0 Å². The molecule has 0 amide bonds. The van der Waals surface area contributed by atoms with E-state index in [1.165, 1.54) is 25.1 Å². The SMILES string of the molecule is CC[N+]1=C(C=CNc2ccccc2)CCC1.[I-]. The molecule has 1 N–H and O–H groups in total. The quantitative estimate of drug-likeness (QED) is 0.596. The van der Waals surface area contributed by atoms with Crippen LogP contribution >= 0.6 is 0 Å². The minimum atomic E-state index is 0. The molecule has 0 saturated carbocycles. The van der Waals surface area contributed by atoms with Gasteiger partial charge in [0.05, 0.1) is 0 Å². The van der Waals surface area contributed by atoms with Gasteiger partial charge in [0, 0.05) is 30.8 Å². The maximum absolute atomic E-state index is 3.29. The van der Waals surface area contributed by atoms with Crippen LogP contribution in [0.15, 0.2) is 42.6 Å². The van der Waals surface area contributed by atoms with Crippen LogP contribution in [0.2, 0.25) is 0 Å². The number of hydrogen-bond acceptors (Lipinski definition) is 1. The number of benzene rings is 1. The Morgan fingerprint density at radius 2 is 2.06 bits per heavy atom. The number of hydrogen-bond donors (Lipinski definition) is 1. The fourth-order valence-corrected chi connectivity index (χ4v) is 2.07. The van der Waals surface area contributed by atoms with Crippen molar-refractivity contribution in [3.05, 3.63) is 42.6 Å². The third-order valence-corrected chi connectivity index (χ3v) is 2.95. The third kappa shape index (κ3) is 4.15. The first-order valence-corrected chi connectivity index (χ1v) is 5.99. The normalized spacial score (nSPS) is 15.1. The number of halogens is 1. The maximum Gasteiger partial charge on any atom is 0.177 e. The number of nitrogens with one attached hydrogen (secondary N) is 1. The zero-order valence-corrected chi connectivity index (χ0v) is 12.4. The molecule has 0 radical (unpaired) electrons. The fraction of sp³-hybridized carbons (Fsp3) is 0.357. The van der Waals surface area contributed by atoms with Crippen molar-refractivity contribution in [3.63, 3.8) is 0 Å². The van der Waals surface area contributed by atoms with Gasteiger partial charge >= 0.3 is 0 Å². The van der Waals surface area contributed by atoms with Crippen molar-refractivity contribution >= 4 is 11.4 Å². The van der Waals surface area contributed by atoms with Crippen LogP contribution < -0.4 is 29.3 Å². The average Bonchev–Trinajstić information content (AvgIpc) is 2.78. The molecule has 2 rings (SSSR count). The van der Waals surface area contributed by atoms with E-state index in [1.54, 1.807) is 0 Å². The van der Waals surface area contributed by atoms with Crippen molar-refractivity contribution in [2.24, 2.45) is 0 Å². The highest BCUT2D eigenvalue weighted by Crippen LogP contribution is 2.07. The molecule has 3 heteroatoms. The first-order chi connectivity index (χ1) is 7.90. The summed E-state index contributed by atoms with van der Waals surface area (Å²) in [4.78, 5) is 0. The van der Waals surface area contributed by atoms with E-state index in [-0.39, 0.29) is 24.0 Å². The van der Waals surface area contributed by atoms with E-state index in [2.05, 4.69) is 35.0 Å². The highest BCUT2D eigenvalue weighted by Gasteiger charge is 2.17. The van der Waals surface area contributed by atoms with Crippen LogP contribution in [0.5, 0.6) is 0 Å². The lowest BCUT2D eigenvalue weighted by molar-refractivity contribution is -0.515. The second-order valence-corrected chi connectivity index (χ2v) is 4.02. The first-order valence-electron chi connectivity index (χ1n) is 5.99. The van der Waals surface area contributed by atoms with E-state index < -0.39 is 0 Å². The van der Waals surface area contributed by atoms with E-state index in [0.717, 1.165) is 12.2 Å². The number of rotatable bonds is 4. The fourth-order valence-electron chi connectivity index (χ4n) is 2.07. The van der Waals surface area contributed by atoms with E-state index in [1.807, 2.05) is 24.4 Å². The molecule has 0 fully saturated rings. The monoisotopic (exact) mass is 342 g/mol. The minimum absolute atomic E-state index is 0. The van der Waals surface area contributed by atoms with Gasteiger partial charge in [0.25, 0.3) is 0 Å². The highest BCUT2D eigenvalue weighted by atomic mass is 127. The molecule has 1 aliphatic heterocycles. The molecule has 0 saturated heterocycles. The molecule has 1 heterocycles. The molecule has 2 nitrogen and oxygen atoms in total. The Balaban J connectivity index is 0.00000144. The lowest BCUT2D eigenvalue weighted by atomic mass is 10.2. The smallest absolute Gasteiger partial charge is 0.177 e. The number of anilines is 1. The van der Waals surface area contributed by atoms with Gasteiger partial charge < -0.3 is 29.3 Å². The molecule has 0 unspecified atom stereocenters. The Bertz CT molecular complexity index is 396. The molecule has 0 aliphatic carbocycles. The molecular formula is C14H19IN2. The highest BCUT2D eigenvalue weighted by molar-refractivity contribution is 5.91. The summed E-state index contributed by atoms with van der Waals surface area (Å²) >= 11 is 0. The second kappa shape index (κ2) is 7.48. The zero-order chi connectivity index (χ0) is 11.2. The predicted molar refractivity (Wildman–Crippen MR) is 69.1 cm³/mol. The zero-order valence-electron chi connectivity index (χ0n) is 10.2. The van der Waals surface area contributed by atoms with Crippen LogP contribution in [0.3, 0.4) is 0 Å². The van der Waals surface area contributed by atoms with Crippen molar-refractivity contribution in [2.45, 2.75) is 19.8 Å². The van der Waals surface area contributed by atoms with Crippen LogP contribution in [0.25, 0.3) is 0 Å². The van der Waals surface area contributed by atoms with E-state index >= 15 is 0 Å². The molecule has 92 valence electrons. The van der Waals surface area contributed by atoms with E-state index in [0.29, 0.717) is 0 Å². The van der Waals surface area contributed by atoms with Crippen molar-refractivity contribution in [1.29, 1.82) is 0 Å². The maximum atomic E-state index is 3.29. The summed E-state index contributed by atoms with van der Waals surface area (Å²) in [7, 11) is 0. The van der Waals surface area contributed by atoms with Crippen molar-refractivity contribution < 1.29 is 28.6 Å². The van der Waals surface area contributed by atoms with Crippen LogP contribution in [0.1, 0.15) is 19.8 Å². The van der Waals surface area contributed by atoms with Gasteiger partial charge in [0.1, 0.15) is 13.1 Å². The van der Waals surface area contributed by atoms with Gasteiger partial charge in [-0.15, -0.1) is 0 Å². The average molecular weight is 342 g/mol. The van der Waals surface area contributed by atoms with Crippen molar-refractivity contribution in [2.75, 3.05) is 18.4 Å². The van der Waals surface area contributed by atoms with Crippen LogP contribution in [-0.2, 0) is 0 Å². The predicted octanol–water partition coefficient (Wildman–Crippen LogP) is -0.117. The number of allylic oxidation sites excluding steroid dienone is 1. The van der Waals surface area contributed by atoms with Gasteiger partial charge in [-0.2, -0.15) is 0 Å². The van der Waals surface area contributed by atoms with Gasteiger partial charge in [-0.25, -0.2) is 4.58 Å². The van der Waals surface area contributed by atoms with Crippen LogP contribution in [0, 0.1) is 0 Å². The summed E-state index contributed by atoms with van der Waals surface area (Å²) in [6, 6.07) is 10.2. The molecule has 17 heavy (non-hydrogen) atoms. The van der Waals surface area contributed by atoms with Crippen molar-refractivity contribution in [3.8, 4) is 0 Å². The van der Waals surface area contributed by atoms with Crippen LogP contribution in [-0.4, -0.2) is 23.4 Å². The van der Waals surface area contributed by atoms with Gasteiger partial charge in [-0.05, 0) is 19.1 Å². The Kier molecular flexibility index (Phi) is 6.26. The van der Waals surface area contributed by atoms with E-state index in [9.17, 15) is 0 Å². The Hall–Kier alpha value is -0.840. The van der Waals surface area contributed by atoms with Crippen LogP contribution in [0.4, 0.5) is 5.69 Å². The van der Waals surface area contributed by atoms with Gasteiger partial charge in [0.2, 0.25) is 0 Å². The summed E-state index contributed by atoms with van der Waals surface area (Å²) in [6.45, 7) is 4.54. The van der Waals surface area contributed by atoms with Crippen molar-refractivity contribution in [1.82, 2.24) is 0 Å². The summed E-state index contributed by atoms with van der Waals surface area (Å²) < 4.78 is 2.43. The summed E-state index contributed by atoms with van der Waals surface area (Å²) in [6.07, 6.45) is 6.74. The molecule has 1 aromatic rings. The largest absolute Gasteiger partial charge is 1.00 e. The minimum Gasteiger partial charge on any atom is -1.00 e. The Morgan fingerprint density at radius 3 is 2.76 bits per heavy atom. The molecule has 0 bridgehead atoms. The number of para-hydroxylation sites is 1. The molecule has 0 spiro atoms. The third-order valence-electron chi connectivity index (χ3n) is 2.95.